The molecule has 2 amide bonds. The maximum absolute atomic E-state index is 14.0. The molecule has 4 aromatic heterocycles. The Bertz CT molecular complexity index is 4410. The summed E-state index contributed by atoms with van der Waals surface area (Å²) in [5, 5.41) is 6.47. The Kier molecular flexibility index (Phi) is 24.4. The Hall–Kier alpha value is -8.06. The number of amides is 2. The van der Waals surface area contributed by atoms with Crippen molar-refractivity contribution in [2.24, 2.45) is 16.0 Å². The van der Waals surface area contributed by atoms with Gasteiger partial charge in [0.1, 0.15) is 48.5 Å². The third-order valence-electron chi connectivity index (χ3n) is 16.4. The molecule has 99 heavy (non-hydrogen) atoms. The first kappa shape index (κ1) is 72.2. The van der Waals surface area contributed by atoms with E-state index in [-0.39, 0.29) is 90.2 Å². The molecule has 35 heteroatoms. The molecule has 7 atom stereocenters. The molecule has 0 saturated carbocycles. The van der Waals surface area contributed by atoms with Crippen molar-refractivity contribution < 1.29 is 61.3 Å². The van der Waals surface area contributed by atoms with Crippen molar-refractivity contribution in [3.8, 4) is 11.5 Å². The van der Waals surface area contributed by atoms with Gasteiger partial charge in [0.25, 0.3) is 5.56 Å². The van der Waals surface area contributed by atoms with Gasteiger partial charge < -0.3 is 75.0 Å². The molecule has 30 nitrogen and oxygen atoms in total. The summed E-state index contributed by atoms with van der Waals surface area (Å²) < 4.78 is 62.8. The Morgan fingerprint density at radius 1 is 0.808 bits per heavy atom. The second kappa shape index (κ2) is 33.4. The molecule has 0 aliphatic carbocycles. The normalized spacial score (nSPS) is 19.6. The molecule has 7 heterocycles. The van der Waals surface area contributed by atoms with Crippen LogP contribution in [0.1, 0.15) is 116 Å². The summed E-state index contributed by atoms with van der Waals surface area (Å²) in [6, 6.07) is 28.5. The van der Waals surface area contributed by atoms with Gasteiger partial charge in [0.05, 0.1) is 73.5 Å². The Morgan fingerprint density at radius 2 is 1.54 bits per heavy atom. The lowest BCUT2D eigenvalue weighted by Gasteiger charge is -2.30. The highest BCUT2D eigenvalue weighted by Crippen LogP contribution is 2.54. The number of carbonyl (C=O) groups excluding carboxylic acids is 3. The van der Waals surface area contributed by atoms with Gasteiger partial charge in [-0.15, -0.1) is 0 Å². The van der Waals surface area contributed by atoms with Gasteiger partial charge in [-0.3, -0.25) is 38.6 Å². The number of H-pyrrole nitrogens is 1. The number of carbonyl (C=O) groups is 3. The van der Waals surface area contributed by atoms with E-state index >= 15 is 0 Å². The second-order valence-corrected chi connectivity index (χ2v) is 31.7. The molecule has 2 unspecified atom stereocenters. The molecule has 3 aliphatic rings. The molecule has 524 valence electrons. The van der Waals surface area contributed by atoms with Crippen LogP contribution in [0.2, 0.25) is 0 Å². The number of fused-ring (bicyclic) bond motifs is 4. The average Bonchev–Trinajstić information content (AvgIpc) is 1.77. The van der Waals surface area contributed by atoms with E-state index in [1.165, 1.54) is 17.2 Å². The first-order valence-corrected chi connectivity index (χ1v) is 39.6. The Balaban J connectivity index is 0.636. The lowest BCUT2D eigenvalue weighted by molar-refractivity contribution is -0.122. The number of hydrogen-bond acceptors (Lipinski definition) is 24. The summed E-state index contributed by atoms with van der Waals surface area (Å²) >= 11 is 6.39. The summed E-state index contributed by atoms with van der Waals surface area (Å²) in [7, 11) is -1.33. The molecule has 0 radical (unpaired) electrons. The molecule has 4 aromatic carbocycles. The van der Waals surface area contributed by atoms with Crippen LogP contribution in [0.3, 0.4) is 0 Å². The molecule has 8 aromatic rings. The van der Waals surface area contributed by atoms with Crippen molar-refractivity contribution >= 4 is 120 Å². The number of nitrogens with one attached hydrogen (secondary N) is 3. The van der Waals surface area contributed by atoms with Crippen LogP contribution in [0.25, 0.3) is 33.7 Å². The first-order valence-electron chi connectivity index (χ1n) is 32.0. The van der Waals surface area contributed by atoms with Gasteiger partial charge in [-0.2, -0.15) is 4.98 Å². The summed E-state index contributed by atoms with van der Waals surface area (Å²) in [6.07, 6.45) is 7.90. The smallest absolute Gasteiger partial charge is 0.343 e. The van der Waals surface area contributed by atoms with Crippen molar-refractivity contribution in [2.75, 3.05) is 62.5 Å². The number of aromatic amines is 1. The largest absolute Gasteiger partial charge is 0.492 e. The minimum absolute atomic E-state index is 0.00302. The minimum atomic E-state index is -3.94. The van der Waals surface area contributed by atoms with Gasteiger partial charge in [-0.1, -0.05) is 67.4 Å². The van der Waals surface area contributed by atoms with Crippen LogP contribution < -0.4 is 53.3 Å². The maximum atomic E-state index is 14.0. The summed E-state index contributed by atoms with van der Waals surface area (Å²) in [5.74, 6) is 0.292. The predicted octanol–water partition coefficient (Wildman–Crippen LogP) is 8.49. The van der Waals surface area contributed by atoms with E-state index in [0.29, 0.717) is 103 Å². The number of rotatable bonds is 32. The fraction of sp³-hybridized carbons (Fsp3) is 0.375. The van der Waals surface area contributed by atoms with Crippen LogP contribution in [0.5, 0.6) is 11.5 Å². The zero-order chi connectivity index (χ0) is 69.6. The van der Waals surface area contributed by atoms with E-state index in [1.54, 1.807) is 71.0 Å². The van der Waals surface area contributed by atoms with E-state index in [4.69, 9.17) is 67.0 Å². The molecule has 2 saturated heterocycles. The van der Waals surface area contributed by atoms with Crippen molar-refractivity contribution in [3.63, 3.8) is 0 Å². The van der Waals surface area contributed by atoms with Crippen molar-refractivity contribution in [1.82, 2.24) is 49.7 Å². The zero-order valence-electron chi connectivity index (χ0n) is 54.0. The highest BCUT2D eigenvalue weighted by molar-refractivity contribution is 8.55. The van der Waals surface area contributed by atoms with Crippen LogP contribution in [0.4, 0.5) is 17.5 Å². The van der Waals surface area contributed by atoms with Gasteiger partial charge in [0.2, 0.25) is 17.8 Å². The Morgan fingerprint density at radius 3 is 2.33 bits per heavy atom. The standard InChI is InChI=1S/C64H77N16O14P3S2/c1-95(85)89-30-11-3-2-10-28-69-51(81)16-8-9-17-52(82)78-33-42-12-4-5-13-46(42)56(55(65)47-14-6-7-15-49(47)78)70-29-31-88-43-24-20-41(21-25-43)63(84)93-44-22-18-40(19-23-44)36-99-96(68,86)90-35-50-48(32-54(94-50)80-39-74-58-61(80)75-64(67)76-62(58)83)77-97(87,98)91-34-45-26-27-53(92-45)79-38-73-57-59(66)71-37-72-60(57)79/h4-7,12-15,18-25,37-39,45,50,53-54,70,85H,2-3,8-11,16-17,26-36,65H2,1H3,(H2,68,86)(H,69,81)(H,87,98)(H2,66,71,72)(H3,67,75,76,83)/b56-55-,77-48?/t45-,50+,53+,54+,95?,96+,97?/m0/s1. The van der Waals surface area contributed by atoms with E-state index < -0.39 is 57.9 Å². The van der Waals surface area contributed by atoms with Crippen molar-refractivity contribution in [3.05, 3.63) is 154 Å². The lowest BCUT2D eigenvalue weighted by Crippen LogP contribution is -2.34. The number of ether oxygens (including phenoxy) is 4. The van der Waals surface area contributed by atoms with E-state index in [2.05, 4.69) is 45.3 Å². The van der Waals surface area contributed by atoms with Crippen LogP contribution >= 0.6 is 33.1 Å². The number of nitrogens with zero attached hydrogens (tertiary/aromatic N) is 9. The molecule has 11 rings (SSSR count). The third-order valence-corrected chi connectivity index (χ3v) is 21.6. The molecule has 2 fully saturated rings. The minimum Gasteiger partial charge on any atom is -0.492 e. The van der Waals surface area contributed by atoms with Crippen LogP contribution in [0, 0.1) is 0 Å². The molecule has 13 N–H and O–H groups in total. The summed E-state index contributed by atoms with van der Waals surface area (Å²) in [4.78, 5) is 98.6. The number of hydrogen-bond donors (Lipinski definition) is 9. The van der Waals surface area contributed by atoms with Crippen LogP contribution in [-0.4, -0.2) is 131 Å². The highest BCUT2D eigenvalue weighted by atomic mass is 32.7. The molecule has 0 spiro atoms. The Labute approximate surface area is 579 Å². The van der Waals surface area contributed by atoms with Gasteiger partial charge >= 0.3 is 19.3 Å². The fourth-order valence-corrected chi connectivity index (χ4v) is 15.6. The van der Waals surface area contributed by atoms with Gasteiger partial charge in [-0.25, -0.2) is 29.5 Å². The van der Waals surface area contributed by atoms with E-state index in [1.807, 2.05) is 48.5 Å². The second-order valence-electron chi connectivity index (χ2n) is 23.5. The van der Waals surface area contributed by atoms with Crippen molar-refractivity contribution in [2.45, 2.75) is 108 Å². The molecular formula is C64H77N16O14P3S2. The topological polar surface area (TPSA) is 424 Å². The van der Waals surface area contributed by atoms with Gasteiger partial charge in [0, 0.05) is 55.9 Å². The van der Waals surface area contributed by atoms with Gasteiger partial charge in [-0.05, 0) is 115 Å². The predicted molar refractivity (Wildman–Crippen MR) is 380 cm³/mol. The number of esters is 1. The monoisotopic (exact) mass is 1450 g/mol. The molecule has 3 aliphatic heterocycles. The quantitative estimate of drug-likeness (QED) is 0.00825. The van der Waals surface area contributed by atoms with Gasteiger partial charge in [0.15, 0.2) is 31.0 Å². The number of imidazole rings is 2. The van der Waals surface area contributed by atoms with E-state index in [9.17, 15) is 33.5 Å². The SMILES string of the molecule is CP(O)OCCCCCCNC(=O)CCCCC(=O)N1Cc2ccccc2/C(NCCOc2ccc(C(=O)Oc3ccc(CS[P@](N)(=O)OC[C@H]4O[C@@H](n5cnc6c(=O)[nH]c(N)nc65)CC4=NP(O)(=S)OC[C@@H]4CC[C@H](n5cnc6c(N)ncnc65)O4)cc3)cc2)=C(/N)c2ccccc21. The maximum Gasteiger partial charge on any atom is 0.343 e. The van der Waals surface area contributed by atoms with Crippen LogP contribution in [-0.2, 0) is 61.3 Å². The lowest BCUT2D eigenvalue weighted by atomic mass is 9.95. The average molecular weight is 1450 g/mol. The van der Waals surface area contributed by atoms with Crippen LogP contribution in [0.15, 0.2) is 126 Å². The first-order chi connectivity index (χ1) is 47.7. The summed E-state index contributed by atoms with van der Waals surface area (Å²) in [5.41, 5.74) is 31.1. The fourth-order valence-electron chi connectivity index (χ4n) is 11.5. The zero-order valence-corrected chi connectivity index (χ0v) is 58.3. The number of para-hydroxylation sites is 1. The number of nitrogen functional groups attached to an aromatic ring is 2. The molecule has 0 bridgehead atoms. The number of benzene rings is 4. The molecular weight excluding hydrogens is 1370 g/mol. The van der Waals surface area contributed by atoms with Crippen molar-refractivity contribution in [1.29, 1.82) is 0 Å². The number of unbranched alkanes of at least 4 members (excludes halogenated alkanes) is 4. The third kappa shape index (κ3) is 19.1. The number of aromatic nitrogens is 8. The number of nitrogens with two attached hydrogens (primary N) is 4. The number of anilines is 3. The highest BCUT2D eigenvalue weighted by Gasteiger charge is 2.38. The summed E-state index contributed by atoms with van der Waals surface area (Å²) in [6.45, 7) is -4.66. The van der Waals surface area contributed by atoms with E-state index in [0.717, 1.165) is 48.2 Å².